The summed E-state index contributed by atoms with van der Waals surface area (Å²) in [4.78, 5) is 37.6. The molecule has 1 heterocycles. The second-order valence-electron chi connectivity index (χ2n) is 5.87. The van der Waals surface area contributed by atoms with Crippen molar-refractivity contribution in [2.24, 2.45) is 0 Å². The van der Waals surface area contributed by atoms with Crippen molar-refractivity contribution in [3.05, 3.63) is 73.1 Å². The molecule has 1 N–H and O–H groups in total. The second kappa shape index (κ2) is 8.02. The van der Waals surface area contributed by atoms with Crippen molar-refractivity contribution in [1.29, 1.82) is 0 Å². The molecule has 3 rings (SSSR count). The number of nitrogens with one attached hydrogen (secondary N) is 1. The number of carbonyl (C=O) groups is 1. The quantitative estimate of drug-likeness (QED) is 0.471. The van der Waals surface area contributed by atoms with Crippen LogP contribution in [0.1, 0.15) is 15.9 Å². The average molecular weight is 414 g/mol. The minimum absolute atomic E-state index is 0.118. The Morgan fingerprint density at radius 2 is 1.69 bits per heavy atom. The molecule has 29 heavy (non-hydrogen) atoms. The number of nitrogens with zero attached hydrogens (tertiary/aromatic N) is 3. The first-order valence-electron chi connectivity index (χ1n) is 8.15. The van der Waals surface area contributed by atoms with Gasteiger partial charge in [0.05, 0.1) is 28.2 Å². The van der Waals surface area contributed by atoms with E-state index in [2.05, 4.69) is 10.3 Å². The fourth-order valence-electron chi connectivity index (χ4n) is 2.59. The molecule has 1 aromatic heterocycles. The van der Waals surface area contributed by atoms with Crippen LogP contribution in [0, 0.1) is 27.2 Å². The zero-order chi connectivity index (χ0) is 21.1. The van der Waals surface area contributed by atoms with Gasteiger partial charge in [0.25, 0.3) is 17.3 Å². The monoisotopic (exact) mass is 414 g/mol. The van der Waals surface area contributed by atoms with E-state index >= 15 is 0 Å². The summed E-state index contributed by atoms with van der Waals surface area (Å²) in [5.41, 5.74) is 0.116. The molecular formula is C18H14N4O6S. The number of rotatable bonds is 6. The van der Waals surface area contributed by atoms with Crippen LogP contribution in [0.4, 0.5) is 16.5 Å². The molecule has 148 valence electrons. The number of amides is 1. The molecule has 0 saturated carbocycles. The highest BCUT2D eigenvalue weighted by Gasteiger charge is 2.25. The van der Waals surface area contributed by atoms with Crippen molar-refractivity contribution in [1.82, 2.24) is 4.98 Å². The van der Waals surface area contributed by atoms with Crippen molar-refractivity contribution in [3.8, 4) is 17.0 Å². The standard InChI is InChI=1S/C18H14N4O6S/c1-10-15(21(24)25)7-12(8-16(10)22(26)27)17(23)20-18-19-14(9-29-18)11-3-5-13(28-2)6-4-11/h3-9H,1-2H3,(H,19,20,23). The van der Waals surface area contributed by atoms with Crippen molar-refractivity contribution >= 4 is 33.8 Å². The Kier molecular flexibility index (Phi) is 5.50. The molecule has 0 aliphatic carbocycles. The Labute approximate surface area is 168 Å². The van der Waals surface area contributed by atoms with E-state index in [0.29, 0.717) is 11.4 Å². The van der Waals surface area contributed by atoms with Crippen molar-refractivity contribution in [2.45, 2.75) is 6.92 Å². The molecule has 1 amide bonds. The lowest BCUT2D eigenvalue weighted by Crippen LogP contribution is -2.13. The van der Waals surface area contributed by atoms with Crippen LogP contribution in [0.3, 0.4) is 0 Å². The van der Waals surface area contributed by atoms with Crippen LogP contribution in [0.5, 0.6) is 5.75 Å². The highest BCUT2D eigenvalue weighted by Crippen LogP contribution is 2.31. The van der Waals surface area contributed by atoms with Gasteiger partial charge in [-0.15, -0.1) is 11.3 Å². The molecule has 0 saturated heterocycles. The van der Waals surface area contributed by atoms with Gasteiger partial charge in [-0.1, -0.05) is 0 Å². The summed E-state index contributed by atoms with van der Waals surface area (Å²) >= 11 is 1.16. The Bertz CT molecular complexity index is 1070. The molecular weight excluding hydrogens is 400 g/mol. The molecule has 0 bridgehead atoms. The van der Waals surface area contributed by atoms with Crippen molar-refractivity contribution in [2.75, 3.05) is 12.4 Å². The zero-order valence-corrected chi connectivity index (χ0v) is 16.1. The predicted molar refractivity (Wildman–Crippen MR) is 107 cm³/mol. The molecule has 0 radical (unpaired) electrons. The molecule has 0 fully saturated rings. The number of ether oxygens (including phenoxy) is 1. The number of nitro groups is 2. The molecule has 0 unspecified atom stereocenters. The van der Waals surface area contributed by atoms with E-state index in [-0.39, 0.29) is 16.3 Å². The van der Waals surface area contributed by atoms with Gasteiger partial charge in [0, 0.05) is 23.1 Å². The van der Waals surface area contributed by atoms with E-state index in [1.165, 1.54) is 6.92 Å². The third-order valence-electron chi connectivity index (χ3n) is 4.12. The van der Waals surface area contributed by atoms with Gasteiger partial charge >= 0.3 is 0 Å². The fraction of sp³-hybridized carbons (Fsp3) is 0.111. The molecule has 11 heteroatoms. The van der Waals surface area contributed by atoms with Gasteiger partial charge in [-0.25, -0.2) is 4.98 Å². The summed E-state index contributed by atoms with van der Waals surface area (Å²) in [7, 11) is 1.56. The largest absolute Gasteiger partial charge is 0.497 e. The summed E-state index contributed by atoms with van der Waals surface area (Å²) in [5, 5.41) is 26.8. The average Bonchev–Trinajstić information content (AvgIpc) is 3.16. The smallest absolute Gasteiger partial charge is 0.279 e. The zero-order valence-electron chi connectivity index (χ0n) is 15.2. The van der Waals surface area contributed by atoms with Crippen LogP contribution < -0.4 is 10.1 Å². The number of hydrogen-bond acceptors (Lipinski definition) is 8. The molecule has 2 aromatic carbocycles. The lowest BCUT2D eigenvalue weighted by molar-refractivity contribution is -0.395. The number of aromatic nitrogens is 1. The topological polar surface area (TPSA) is 138 Å². The highest BCUT2D eigenvalue weighted by molar-refractivity contribution is 7.14. The van der Waals surface area contributed by atoms with E-state index in [1.54, 1.807) is 24.6 Å². The third kappa shape index (κ3) is 4.19. The summed E-state index contributed by atoms with van der Waals surface area (Å²) in [6.45, 7) is 1.26. The van der Waals surface area contributed by atoms with Gasteiger partial charge in [-0.3, -0.25) is 30.3 Å². The van der Waals surface area contributed by atoms with Crippen LogP contribution in [0.25, 0.3) is 11.3 Å². The molecule has 0 atom stereocenters. The molecule has 0 aliphatic rings. The van der Waals surface area contributed by atoms with E-state index in [0.717, 1.165) is 29.0 Å². The predicted octanol–water partition coefficient (Wildman–Crippen LogP) is 4.20. The van der Waals surface area contributed by atoms with E-state index in [1.807, 2.05) is 12.1 Å². The minimum atomic E-state index is -0.760. The van der Waals surface area contributed by atoms with Gasteiger partial charge in [0.15, 0.2) is 5.13 Å². The molecule has 0 aliphatic heterocycles. The van der Waals surface area contributed by atoms with Gasteiger partial charge in [0.2, 0.25) is 0 Å². The Morgan fingerprint density at radius 3 is 2.21 bits per heavy atom. The van der Waals surface area contributed by atoms with Crippen molar-refractivity contribution in [3.63, 3.8) is 0 Å². The normalized spacial score (nSPS) is 10.4. The van der Waals surface area contributed by atoms with Crippen LogP contribution in [-0.4, -0.2) is 27.8 Å². The fourth-order valence-corrected chi connectivity index (χ4v) is 3.30. The van der Waals surface area contributed by atoms with Crippen LogP contribution in [-0.2, 0) is 0 Å². The number of benzene rings is 2. The SMILES string of the molecule is COc1ccc(-c2csc(NC(=O)c3cc([N+](=O)[O-])c(C)c([N+](=O)[O-])c3)n2)cc1. The summed E-state index contributed by atoms with van der Waals surface area (Å²) in [6, 6.07) is 9.19. The first-order valence-corrected chi connectivity index (χ1v) is 9.03. The number of hydrogen-bond donors (Lipinski definition) is 1. The molecule has 3 aromatic rings. The first-order chi connectivity index (χ1) is 13.8. The Balaban J connectivity index is 1.86. The molecule has 0 spiro atoms. The van der Waals surface area contributed by atoms with Crippen LogP contribution in [0.15, 0.2) is 41.8 Å². The number of carbonyl (C=O) groups excluding carboxylic acids is 1. The van der Waals surface area contributed by atoms with E-state index in [4.69, 9.17) is 4.74 Å². The van der Waals surface area contributed by atoms with E-state index < -0.39 is 27.1 Å². The lowest BCUT2D eigenvalue weighted by atomic mass is 10.1. The van der Waals surface area contributed by atoms with Crippen LogP contribution >= 0.6 is 11.3 Å². The highest BCUT2D eigenvalue weighted by atomic mass is 32.1. The van der Waals surface area contributed by atoms with Gasteiger partial charge in [-0.2, -0.15) is 0 Å². The van der Waals surface area contributed by atoms with Gasteiger partial charge in [-0.05, 0) is 31.2 Å². The molecule has 10 nitrogen and oxygen atoms in total. The number of methoxy groups -OCH3 is 1. The first kappa shape index (κ1) is 19.9. The minimum Gasteiger partial charge on any atom is -0.497 e. The van der Waals surface area contributed by atoms with Crippen molar-refractivity contribution < 1.29 is 19.4 Å². The van der Waals surface area contributed by atoms with Gasteiger partial charge in [0.1, 0.15) is 11.3 Å². The maximum Gasteiger partial charge on any atom is 0.279 e. The maximum absolute atomic E-state index is 12.5. The van der Waals surface area contributed by atoms with Gasteiger partial charge < -0.3 is 4.74 Å². The summed E-state index contributed by atoms with van der Waals surface area (Å²) in [6.07, 6.45) is 0. The summed E-state index contributed by atoms with van der Waals surface area (Å²) in [5.74, 6) is -0.0353. The number of thiazole rings is 1. The number of anilines is 1. The maximum atomic E-state index is 12.5. The van der Waals surface area contributed by atoms with E-state index in [9.17, 15) is 25.0 Å². The summed E-state index contributed by atoms with van der Waals surface area (Å²) < 4.78 is 5.10. The third-order valence-corrected chi connectivity index (χ3v) is 4.88. The number of nitro benzene ring substituents is 2. The second-order valence-corrected chi connectivity index (χ2v) is 6.73. The Hall–Kier alpha value is -3.86. The van der Waals surface area contributed by atoms with Crippen LogP contribution in [0.2, 0.25) is 0 Å². The Morgan fingerprint density at radius 1 is 1.10 bits per heavy atom. The lowest BCUT2D eigenvalue weighted by Gasteiger charge is -2.05.